The van der Waals surface area contributed by atoms with E-state index >= 15 is 0 Å². The second-order valence-corrected chi connectivity index (χ2v) is 11.6. The summed E-state index contributed by atoms with van der Waals surface area (Å²) >= 11 is 0. The van der Waals surface area contributed by atoms with Gasteiger partial charge in [0.2, 0.25) is 5.91 Å². The van der Waals surface area contributed by atoms with E-state index in [0.29, 0.717) is 75.5 Å². The molecule has 0 radical (unpaired) electrons. The number of morpholine rings is 1. The Labute approximate surface area is 259 Å². The molecule has 2 fully saturated rings. The van der Waals surface area contributed by atoms with Gasteiger partial charge in [0.1, 0.15) is 23.2 Å². The molecule has 0 aliphatic carbocycles. The van der Waals surface area contributed by atoms with E-state index in [1.807, 2.05) is 28.6 Å². The number of rotatable bonds is 9. The molecular weight excluding hydrogens is 589 g/mol. The third-order valence-electron chi connectivity index (χ3n) is 8.85. The van der Waals surface area contributed by atoms with E-state index in [1.165, 1.54) is 0 Å². The Morgan fingerprint density at radius 2 is 1.82 bits per heavy atom. The van der Waals surface area contributed by atoms with E-state index in [0.717, 1.165) is 29.6 Å². The van der Waals surface area contributed by atoms with Gasteiger partial charge in [-0.2, -0.15) is 0 Å². The number of methoxy groups -OCH3 is 1. The van der Waals surface area contributed by atoms with Gasteiger partial charge in [-0.15, -0.1) is 0 Å². The average molecular weight is 627 g/mol. The Hall–Kier alpha value is -3.73. The molecule has 2 aromatic carbocycles. The normalized spacial score (nSPS) is 17.8. The van der Waals surface area contributed by atoms with E-state index in [4.69, 9.17) is 9.47 Å². The number of aromatic nitrogens is 1. The second-order valence-electron chi connectivity index (χ2n) is 11.6. The number of fused-ring (bicyclic) bond motifs is 1. The van der Waals surface area contributed by atoms with Crippen molar-refractivity contribution >= 4 is 16.8 Å². The van der Waals surface area contributed by atoms with Crippen LogP contribution in [0.1, 0.15) is 48.5 Å². The van der Waals surface area contributed by atoms with Gasteiger partial charge < -0.3 is 14.6 Å². The standard InChI is InChI=1S/C33H37F3N4O5/c1-44-24-4-5-29-26(19-24)31(22(20-37-29)21-40-13-15-45-16-14-40)30(41)6-7-33(32(42)38-43)8-11-39(12-9-33)10-2-3-25-27(35)17-23(34)18-28(25)36/h4-5,17-20,30,41,43H,6-16,21H2,1H3,(H,38,42). The highest BCUT2D eigenvalue weighted by Crippen LogP contribution is 2.40. The first-order chi connectivity index (χ1) is 21.7. The number of piperidine rings is 1. The van der Waals surface area contributed by atoms with Crippen LogP contribution in [0.5, 0.6) is 5.75 Å². The zero-order valence-corrected chi connectivity index (χ0v) is 25.1. The minimum absolute atomic E-state index is 0.186. The molecule has 0 spiro atoms. The molecular formula is C33H37F3N4O5. The van der Waals surface area contributed by atoms with Crippen molar-refractivity contribution in [3.63, 3.8) is 0 Å². The van der Waals surface area contributed by atoms with Gasteiger partial charge in [0.05, 0.1) is 49.5 Å². The lowest BCUT2D eigenvalue weighted by atomic mass is 9.73. The predicted molar refractivity (Wildman–Crippen MR) is 160 cm³/mol. The number of carbonyl (C=O) groups is 1. The first kappa shape index (κ1) is 32.7. The number of pyridine rings is 1. The maximum Gasteiger partial charge on any atom is 0.249 e. The van der Waals surface area contributed by atoms with Crippen LogP contribution in [-0.4, -0.2) is 84.1 Å². The first-order valence-electron chi connectivity index (χ1n) is 15.0. The number of nitrogens with one attached hydrogen (secondary N) is 1. The van der Waals surface area contributed by atoms with Gasteiger partial charge in [0.25, 0.3) is 0 Å². The maximum atomic E-state index is 13.9. The van der Waals surface area contributed by atoms with Crippen molar-refractivity contribution in [1.82, 2.24) is 20.3 Å². The molecule has 2 aliphatic heterocycles. The van der Waals surface area contributed by atoms with Crippen molar-refractivity contribution in [2.24, 2.45) is 5.41 Å². The molecule has 9 nitrogen and oxygen atoms in total. The van der Waals surface area contributed by atoms with Crippen LogP contribution in [0.2, 0.25) is 0 Å². The van der Waals surface area contributed by atoms with Gasteiger partial charge in [0.15, 0.2) is 0 Å². The maximum absolute atomic E-state index is 13.9. The number of hydrogen-bond donors (Lipinski definition) is 3. The van der Waals surface area contributed by atoms with E-state index in [9.17, 15) is 28.3 Å². The second kappa shape index (κ2) is 14.6. The zero-order valence-electron chi connectivity index (χ0n) is 25.1. The number of benzene rings is 2. The summed E-state index contributed by atoms with van der Waals surface area (Å²) in [5.41, 5.74) is 2.71. The summed E-state index contributed by atoms with van der Waals surface area (Å²) in [7, 11) is 1.58. The highest BCUT2D eigenvalue weighted by molar-refractivity contribution is 5.85. The van der Waals surface area contributed by atoms with E-state index in [-0.39, 0.29) is 13.0 Å². The molecule has 2 aliphatic rings. The molecule has 3 aromatic rings. The summed E-state index contributed by atoms with van der Waals surface area (Å²) in [6, 6.07) is 6.70. The van der Waals surface area contributed by atoms with Crippen molar-refractivity contribution in [3.8, 4) is 17.6 Å². The van der Waals surface area contributed by atoms with Crippen LogP contribution in [0, 0.1) is 34.7 Å². The predicted octanol–water partition coefficient (Wildman–Crippen LogP) is 3.95. The highest BCUT2D eigenvalue weighted by Gasteiger charge is 2.41. The van der Waals surface area contributed by atoms with Crippen LogP contribution < -0.4 is 10.2 Å². The smallest absolute Gasteiger partial charge is 0.249 e. The molecule has 1 unspecified atom stereocenters. The lowest BCUT2D eigenvalue weighted by Crippen LogP contribution is -2.48. The molecule has 1 atom stereocenters. The van der Waals surface area contributed by atoms with Crippen LogP contribution in [0.25, 0.3) is 10.9 Å². The molecule has 5 rings (SSSR count). The van der Waals surface area contributed by atoms with Crippen LogP contribution in [0.15, 0.2) is 36.5 Å². The van der Waals surface area contributed by atoms with E-state index < -0.39 is 40.4 Å². The van der Waals surface area contributed by atoms with Crippen molar-refractivity contribution in [3.05, 3.63) is 70.7 Å². The van der Waals surface area contributed by atoms with Gasteiger partial charge in [-0.05, 0) is 55.0 Å². The van der Waals surface area contributed by atoms with Crippen LogP contribution >= 0.6 is 0 Å². The van der Waals surface area contributed by atoms with Crippen LogP contribution in [0.3, 0.4) is 0 Å². The Bertz CT molecular complexity index is 1560. The molecule has 45 heavy (non-hydrogen) atoms. The number of halogens is 3. The Morgan fingerprint density at radius 3 is 2.49 bits per heavy atom. The topological polar surface area (TPSA) is 107 Å². The van der Waals surface area contributed by atoms with Crippen molar-refractivity contribution < 1.29 is 37.8 Å². The highest BCUT2D eigenvalue weighted by atomic mass is 19.1. The molecule has 1 amide bonds. The first-order valence-corrected chi connectivity index (χ1v) is 15.0. The number of carbonyl (C=O) groups excluding carboxylic acids is 1. The van der Waals surface area contributed by atoms with Crippen LogP contribution in [-0.2, 0) is 16.1 Å². The Kier molecular flexibility index (Phi) is 10.6. The van der Waals surface area contributed by atoms with Gasteiger partial charge in [-0.1, -0.05) is 11.8 Å². The minimum Gasteiger partial charge on any atom is -0.497 e. The van der Waals surface area contributed by atoms with Crippen molar-refractivity contribution in [1.29, 1.82) is 0 Å². The number of hydrogen-bond acceptors (Lipinski definition) is 8. The average Bonchev–Trinajstić information content (AvgIpc) is 3.05. The van der Waals surface area contributed by atoms with E-state index in [1.54, 1.807) is 13.3 Å². The molecule has 3 N–H and O–H groups in total. The summed E-state index contributed by atoms with van der Waals surface area (Å²) < 4.78 is 52.0. The molecule has 240 valence electrons. The van der Waals surface area contributed by atoms with Gasteiger partial charge in [-0.3, -0.25) is 24.8 Å². The lowest BCUT2D eigenvalue weighted by Gasteiger charge is -2.40. The largest absolute Gasteiger partial charge is 0.497 e. The molecule has 0 saturated carbocycles. The Morgan fingerprint density at radius 1 is 1.11 bits per heavy atom. The van der Waals surface area contributed by atoms with Crippen molar-refractivity contribution in [2.45, 2.75) is 38.3 Å². The number of aliphatic hydroxyl groups is 1. The summed E-state index contributed by atoms with van der Waals surface area (Å²) in [5, 5.41) is 22.1. The summed E-state index contributed by atoms with van der Waals surface area (Å²) in [5.74, 6) is 2.15. The minimum atomic E-state index is -1.07. The number of nitrogens with zero attached hydrogens (tertiary/aromatic N) is 3. The number of likely N-dealkylation sites (tertiary alicyclic amines) is 1. The van der Waals surface area contributed by atoms with Crippen LogP contribution in [0.4, 0.5) is 13.2 Å². The number of aliphatic hydroxyl groups excluding tert-OH is 1. The Balaban J connectivity index is 1.31. The quantitative estimate of drug-likeness (QED) is 0.186. The summed E-state index contributed by atoms with van der Waals surface area (Å²) in [6.07, 6.45) is 2.17. The molecule has 0 bridgehead atoms. The van der Waals surface area contributed by atoms with Gasteiger partial charge in [-0.25, -0.2) is 18.7 Å². The SMILES string of the molecule is COc1ccc2ncc(CN3CCOCC3)c(C(O)CCC3(C(=O)NO)CCN(CC#Cc4c(F)cc(F)cc4F)CC3)c2c1. The van der Waals surface area contributed by atoms with Gasteiger partial charge >= 0.3 is 0 Å². The summed E-state index contributed by atoms with van der Waals surface area (Å²) in [4.78, 5) is 21.9. The van der Waals surface area contributed by atoms with Crippen molar-refractivity contribution in [2.75, 3.05) is 53.0 Å². The third kappa shape index (κ3) is 7.57. The fraction of sp³-hybridized carbons (Fsp3) is 0.455. The van der Waals surface area contributed by atoms with Gasteiger partial charge in [0, 0.05) is 56.4 Å². The molecule has 12 heteroatoms. The number of hydroxylamine groups is 1. The summed E-state index contributed by atoms with van der Waals surface area (Å²) in [6.45, 7) is 4.43. The molecule has 3 heterocycles. The zero-order chi connectivity index (χ0) is 32.0. The molecule has 1 aromatic heterocycles. The fourth-order valence-corrected chi connectivity index (χ4v) is 6.19. The number of ether oxygens (including phenoxy) is 2. The lowest BCUT2D eigenvalue weighted by molar-refractivity contribution is -0.143. The monoisotopic (exact) mass is 626 g/mol. The third-order valence-corrected chi connectivity index (χ3v) is 8.85. The number of amides is 1. The van der Waals surface area contributed by atoms with E-state index in [2.05, 4.69) is 21.7 Å². The molecule has 2 saturated heterocycles. The fourth-order valence-electron chi connectivity index (χ4n) is 6.19.